The van der Waals surface area contributed by atoms with Gasteiger partial charge in [0.1, 0.15) is 1.28 Å². The lowest BCUT2D eigenvalue weighted by Crippen LogP contribution is -1.31. The van der Waals surface area contributed by atoms with Crippen LogP contribution in [0.5, 0.6) is 0 Å². The van der Waals surface area contributed by atoms with E-state index in [1.54, 1.807) is 0 Å². The maximum Gasteiger partial charge on any atom is 0.205 e. The summed E-state index contributed by atoms with van der Waals surface area (Å²) in [4.78, 5) is 8.06. The smallest absolute Gasteiger partial charge is 0.205 e. The summed E-state index contributed by atoms with van der Waals surface area (Å²) >= 11 is 0. The zero-order valence-corrected chi connectivity index (χ0v) is 4.70. The van der Waals surface area contributed by atoms with Crippen LogP contribution in [-0.4, -0.2) is 12.8 Å². The summed E-state index contributed by atoms with van der Waals surface area (Å²) in [6.07, 6.45) is 0. The van der Waals surface area contributed by atoms with Gasteiger partial charge in [0.2, 0.25) is 7.66 Å². The van der Waals surface area contributed by atoms with Gasteiger partial charge in [-0.2, -0.15) is 0 Å². The first kappa shape index (κ1) is 3.80. The Morgan fingerprint density at radius 3 is 2.60 bits per heavy atom. The van der Waals surface area contributed by atoms with Gasteiger partial charge < -0.3 is 4.89 Å². The lowest BCUT2D eigenvalue weighted by atomic mass is 12.0. The van der Waals surface area contributed by atoms with Crippen LogP contribution >= 0.6 is 15.9 Å². The van der Waals surface area contributed by atoms with E-state index in [2.05, 4.69) is 0 Å². The Bertz CT molecular complexity index is 75.6. The standard InChI is InChI=1S/CH6O2P2/c1-4-5(2)3/h4-5H,1H3,(H,2,3)/i5T. The molecular formula is CH6O2P2. The molecular weight excluding hydrogens is 106 g/mol. The summed E-state index contributed by atoms with van der Waals surface area (Å²) in [5.74, 6) is 0. The average molecular weight is 114 g/mol. The molecule has 0 amide bonds. The second-order valence-corrected chi connectivity index (χ2v) is 3.98. The molecule has 0 aromatic rings. The highest BCUT2D eigenvalue weighted by molar-refractivity contribution is 8.12. The van der Waals surface area contributed by atoms with E-state index >= 15 is 0 Å². The molecule has 0 aliphatic heterocycles. The van der Waals surface area contributed by atoms with E-state index in [-0.39, 0.29) is 8.27 Å². The van der Waals surface area contributed by atoms with Gasteiger partial charge in [0.15, 0.2) is 0 Å². The molecule has 32 valence electrons. The number of rotatable bonds is 1. The Hall–Kier alpha value is 0.620. The molecule has 0 aliphatic rings. The fourth-order valence-corrected chi connectivity index (χ4v) is 0. The van der Waals surface area contributed by atoms with Gasteiger partial charge in [-0.1, -0.05) is 0 Å². The molecule has 2 unspecified atom stereocenters. The monoisotopic (exact) mass is 114 g/mol. The Labute approximate surface area is 34.4 Å². The third-order valence-corrected chi connectivity index (χ3v) is 1.72. The van der Waals surface area contributed by atoms with Gasteiger partial charge in [-0.3, -0.25) is 4.57 Å². The molecule has 0 aromatic carbocycles. The van der Waals surface area contributed by atoms with Crippen molar-refractivity contribution >= 4 is 15.9 Å². The zero-order chi connectivity index (χ0) is 5.21. The zero-order valence-electron chi connectivity index (χ0n) is 3.80. The SMILES string of the molecule is [3H]P(=O)(O)PC. The Morgan fingerprint density at radius 1 is 2.40 bits per heavy atom. The van der Waals surface area contributed by atoms with Crippen molar-refractivity contribution in [3.8, 4) is 0 Å². The number of hydrogen-bond donors (Lipinski definition) is 1. The first-order valence-corrected chi connectivity index (χ1v) is 4.66. The van der Waals surface area contributed by atoms with Gasteiger partial charge in [-0.05, 0) is 14.9 Å². The average Bonchev–Trinajstić information content (AvgIpc) is 1.35. The predicted octanol–water partition coefficient (Wildman–Crippen LogP) is 0.677. The van der Waals surface area contributed by atoms with Crippen molar-refractivity contribution in [1.29, 1.82) is 1.28 Å². The molecule has 2 atom stereocenters. The van der Waals surface area contributed by atoms with E-state index in [1.807, 2.05) is 0 Å². The van der Waals surface area contributed by atoms with E-state index in [9.17, 15) is 4.57 Å². The second kappa shape index (κ2) is 2.84. The highest BCUT2D eigenvalue weighted by atomic mass is 32.0. The Balaban J connectivity index is 3.48. The van der Waals surface area contributed by atoms with E-state index in [0.717, 1.165) is 0 Å². The van der Waals surface area contributed by atoms with Crippen LogP contribution < -0.4 is 0 Å². The van der Waals surface area contributed by atoms with Gasteiger partial charge >= 0.3 is 0 Å². The quantitative estimate of drug-likeness (QED) is 0.509. The van der Waals surface area contributed by atoms with Crippen LogP contribution in [0.2, 0.25) is 0 Å². The second-order valence-electron chi connectivity index (χ2n) is 0.497. The van der Waals surface area contributed by atoms with Crippen molar-refractivity contribution in [3.05, 3.63) is 0 Å². The molecule has 0 fully saturated rings. The molecule has 0 rings (SSSR count). The molecule has 0 radical (unpaired) electrons. The molecule has 4 heteroatoms. The van der Waals surface area contributed by atoms with Gasteiger partial charge in [-0.15, -0.1) is 0 Å². The molecule has 0 saturated heterocycles. The predicted molar refractivity (Wildman–Crippen MR) is 25.5 cm³/mol. The maximum absolute atomic E-state index is 9.82. The normalized spacial score (nSPS) is 26.4. The summed E-state index contributed by atoms with van der Waals surface area (Å²) in [6, 6.07) is 0. The van der Waals surface area contributed by atoms with Gasteiger partial charge in [0.05, 0.1) is 0 Å². The molecule has 0 heterocycles. The molecule has 0 saturated carbocycles. The largest absolute Gasteiger partial charge is 0.344 e. The lowest BCUT2D eigenvalue weighted by Gasteiger charge is -1.74. The molecule has 0 aliphatic carbocycles. The van der Waals surface area contributed by atoms with E-state index in [1.165, 1.54) is 6.66 Å². The highest BCUT2D eigenvalue weighted by Gasteiger charge is 1.75. The highest BCUT2D eigenvalue weighted by Crippen LogP contribution is 2.35. The van der Waals surface area contributed by atoms with Crippen LogP contribution in [0, 0.1) is 0 Å². The van der Waals surface area contributed by atoms with Gasteiger partial charge in [0.25, 0.3) is 0 Å². The van der Waals surface area contributed by atoms with Crippen LogP contribution in [0.3, 0.4) is 0 Å². The van der Waals surface area contributed by atoms with Crippen molar-refractivity contribution in [2.24, 2.45) is 0 Å². The topological polar surface area (TPSA) is 37.3 Å². The first-order chi connectivity index (χ1) is 2.56. The minimum atomic E-state index is -3.37. The summed E-state index contributed by atoms with van der Waals surface area (Å²) in [5, 5.41) is 0. The third-order valence-electron chi connectivity index (χ3n) is 0.191. The Morgan fingerprint density at radius 2 is 2.60 bits per heavy atom. The molecule has 5 heavy (non-hydrogen) atoms. The molecule has 0 bridgehead atoms. The van der Waals surface area contributed by atoms with Crippen LogP contribution in [0.4, 0.5) is 0 Å². The van der Waals surface area contributed by atoms with Crippen LogP contribution in [0.1, 0.15) is 0 Å². The summed E-state index contributed by atoms with van der Waals surface area (Å²) in [5.41, 5.74) is 0. The van der Waals surface area contributed by atoms with Crippen molar-refractivity contribution in [2.75, 3.05) is 6.66 Å². The Kier molecular flexibility index (Phi) is 2.15. The van der Waals surface area contributed by atoms with E-state index in [4.69, 9.17) is 6.17 Å². The molecule has 2 nitrogen and oxygen atoms in total. The summed E-state index contributed by atoms with van der Waals surface area (Å²) in [7, 11) is -3.52. The molecule has 0 spiro atoms. The van der Waals surface area contributed by atoms with Gasteiger partial charge in [0, 0.05) is 0 Å². The van der Waals surface area contributed by atoms with E-state index < -0.39 is 7.66 Å². The van der Waals surface area contributed by atoms with Crippen molar-refractivity contribution in [3.63, 3.8) is 0 Å². The minimum absolute atomic E-state index is 0.155. The fraction of sp³-hybridized carbons (Fsp3) is 1.00. The lowest BCUT2D eigenvalue weighted by molar-refractivity contribution is 0.519. The number of hydrogen-bond acceptors (Lipinski definition) is 1. The summed E-state index contributed by atoms with van der Waals surface area (Å²) < 4.78 is 16.1. The van der Waals surface area contributed by atoms with Crippen LogP contribution in [0.25, 0.3) is 0 Å². The third kappa shape index (κ3) is 4.62. The molecule has 0 aromatic heterocycles. The van der Waals surface area contributed by atoms with Gasteiger partial charge in [-0.25, -0.2) is 0 Å². The molecule has 1 N–H and O–H groups in total. The van der Waals surface area contributed by atoms with Crippen molar-refractivity contribution < 1.29 is 9.46 Å². The minimum Gasteiger partial charge on any atom is -0.344 e. The van der Waals surface area contributed by atoms with E-state index in [0.29, 0.717) is 0 Å². The van der Waals surface area contributed by atoms with Crippen LogP contribution in [0.15, 0.2) is 0 Å². The van der Waals surface area contributed by atoms with Crippen molar-refractivity contribution in [1.82, 2.24) is 0 Å². The maximum atomic E-state index is 9.82. The fourth-order valence-electron chi connectivity index (χ4n) is 0. The summed E-state index contributed by atoms with van der Waals surface area (Å²) in [6.45, 7) is 1.54. The van der Waals surface area contributed by atoms with Crippen LogP contribution in [-0.2, 0) is 4.57 Å². The van der Waals surface area contributed by atoms with Crippen molar-refractivity contribution in [2.45, 2.75) is 0 Å². The first-order valence-electron chi connectivity index (χ1n) is 1.55.